The van der Waals surface area contributed by atoms with Crippen LogP contribution in [0.5, 0.6) is 0 Å². The van der Waals surface area contributed by atoms with Crippen molar-refractivity contribution in [3.05, 3.63) is 66.3 Å². The average Bonchev–Trinajstić information content (AvgIpc) is 2.57. The highest BCUT2D eigenvalue weighted by Gasteiger charge is 2.28. The summed E-state index contributed by atoms with van der Waals surface area (Å²) in [5.41, 5.74) is 6.33. The zero-order valence-electron chi connectivity index (χ0n) is 14.6. The van der Waals surface area contributed by atoms with Gasteiger partial charge in [-0.1, -0.05) is 12.1 Å². The van der Waals surface area contributed by atoms with Gasteiger partial charge in [-0.25, -0.2) is 4.79 Å². The second kappa shape index (κ2) is 6.80. The smallest absolute Gasteiger partial charge is 0.332 e. The molecule has 0 saturated carbocycles. The van der Waals surface area contributed by atoms with E-state index in [0.717, 1.165) is 14.8 Å². The Balaban J connectivity index is 2.69. The third-order valence-electron chi connectivity index (χ3n) is 4.24. The quantitative estimate of drug-likeness (QED) is 0.607. The van der Waals surface area contributed by atoms with Gasteiger partial charge in [-0.15, -0.1) is 0 Å². The number of nitrogen functional groups attached to an aromatic ring is 1. The third kappa shape index (κ3) is 3.39. The first-order valence-corrected chi connectivity index (χ1v) is 7.59. The molecule has 134 valence electrons. The van der Waals surface area contributed by atoms with Crippen molar-refractivity contribution in [1.82, 2.24) is 9.13 Å². The van der Waals surface area contributed by atoms with Gasteiger partial charge >= 0.3 is 5.69 Å². The molecule has 1 heterocycles. The molecule has 0 saturated heterocycles. The number of hydrogen-bond donors (Lipinski definition) is 1. The highest BCUT2D eigenvalue weighted by atomic mass is 16.6. The van der Waals surface area contributed by atoms with E-state index in [0.29, 0.717) is 5.56 Å². The molecule has 0 aliphatic heterocycles. The molecular formula is C16H21N5O4. The van der Waals surface area contributed by atoms with Gasteiger partial charge in [-0.3, -0.25) is 24.0 Å². The molecule has 2 rings (SSSR count). The molecule has 1 aromatic heterocycles. The first-order valence-electron chi connectivity index (χ1n) is 7.59. The van der Waals surface area contributed by atoms with Crippen LogP contribution in [-0.4, -0.2) is 34.7 Å². The van der Waals surface area contributed by atoms with Crippen molar-refractivity contribution in [2.45, 2.75) is 5.92 Å². The van der Waals surface area contributed by atoms with Crippen molar-refractivity contribution in [3.8, 4) is 0 Å². The summed E-state index contributed by atoms with van der Waals surface area (Å²) >= 11 is 0. The molecule has 1 atom stereocenters. The van der Waals surface area contributed by atoms with Gasteiger partial charge in [-0.05, 0) is 17.7 Å². The van der Waals surface area contributed by atoms with Crippen LogP contribution >= 0.6 is 0 Å². The van der Waals surface area contributed by atoms with Gasteiger partial charge in [0.25, 0.3) is 5.56 Å². The molecule has 0 bridgehead atoms. The van der Waals surface area contributed by atoms with Crippen LogP contribution in [-0.2, 0) is 14.1 Å². The van der Waals surface area contributed by atoms with Gasteiger partial charge in [-0.2, -0.15) is 0 Å². The lowest BCUT2D eigenvalue weighted by atomic mass is 9.92. The Kier molecular flexibility index (Phi) is 4.96. The predicted octanol–water partition coefficient (Wildman–Crippen LogP) is 0.141. The number of rotatable bonds is 5. The molecule has 0 radical (unpaired) electrons. The number of hydrogen-bond acceptors (Lipinski definition) is 6. The first kappa shape index (κ1) is 18.2. The lowest BCUT2D eigenvalue weighted by Crippen LogP contribution is -2.42. The average molecular weight is 347 g/mol. The Morgan fingerprint density at radius 2 is 1.72 bits per heavy atom. The Hall–Kier alpha value is -3.10. The molecule has 2 aromatic rings. The van der Waals surface area contributed by atoms with E-state index in [1.54, 1.807) is 12.1 Å². The van der Waals surface area contributed by atoms with E-state index in [-0.39, 0.29) is 11.4 Å². The van der Waals surface area contributed by atoms with Crippen LogP contribution in [0.4, 0.5) is 11.5 Å². The minimum Gasteiger partial charge on any atom is -0.385 e. The molecule has 9 nitrogen and oxygen atoms in total. The standard InChI is InChI=1S/C16H21N5O4/c1-18(2)11-7-5-10(6-8-11)12(9-21(24)25)13-14(17)19(3)16(23)20(4)15(13)22/h5-8,12H,9,17H2,1-4H3. The second-order valence-corrected chi connectivity index (χ2v) is 6.06. The summed E-state index contributed by atoms with van der Waals surface area (Å²) in [6.45, 7) is -0.501. The summed E-state index contributed by atoms with van der Waals surface area (Å²) in [5.74, 6) is -0.909. The maximum Gasteiger partial charge on any atom is 0.332 e. The lowest BCUT2D eigenvalue weighted by Gasteiger charge is -2.19. The largest absolute Gasteiger partial charge is 0.385 e. The van der Waals surface area contributed by atoms with Crippen LogP contribution in [0.25, 0.3) is 0 Å². The Bertz CT molecular complexity index is 912. The Morgan fingerprint density at radius 1 is 1.16 bits per heavy atom. The van der Waals surface area contributed by atoms with E-state index < -0.39 is 28.6 Å². The molecule has 1 unspecified atom stereocenters. The van der Waals surface area contributed by atoms with E-state index >= 15 is 0 Å². The monoisotopic (exact) mass is 347 g/mol. The third-order valence-corrected chi connectivity index (χ3v) is 4.24. The maximum atomic E-state index is 12.6. The van der Waals surface area contributed by atoms with Crippen LogP contribution in [0.1, 0.15) is 17.0 Å². The van der Waals surface area contributed by atoms with E-state index in [2.05, 4.69) is 0 Å². The van der Waals surface area contributed by atoms with Gasteiger partial charge in [0.15, 0.2) is 0 Å². The summed E-state index contributed by atoms with van der Waals surface area (Å²) in [4.78, 5) is 37.1. The van der Waals surface area contributed by atoms with Crippen molar-refractivity contribution >= 4 is 11.5 Å². The molecule has 0 amide bonds. The number of nitro groups is 1. The number of nitrogens with two attached hydrogens (primary N) is 1. The van der Waals surface area contributed by atoms with E-state index in [1.807, 2.05) is 31.1 Å². The van der Waals surface area contributed by atoms with Crippen LogP contribution in [0.3, 0.4) is 0 Å². The van der Waals surface area contributed by atoms with Crippen molar-refractivity contribution < 1.29 is 4.92 Å². The SMILES string of the molecule is CN(C)c1ccc(C(C[N+](=O)[O-])c2c(N)n(C)c(=O)n(C)c2=O)cc1. The van der Waals surface area contributed by atoms with Crippen molar-refractivity contribution in [2.75, 3.05) is 31.3 Å². The van der Waals surface area contributed by atoms with E-state index in [9.17, 15) is 19.7 Å². The van der Waals surface area contributed by atoms with Crippen LogP contribution in [0.15, 0.2) is 33.9 Å². The normalized spacial score (nSPS) is 12.0. The second-order valence-electron chi connectivity index (χ2n) is 6.06. The summed E-state index contributed by atoms with van der Waals surface area (Å²) < 4.78 is 2.03. The maximum absolute atomic E-state index is 12.6. The summed E-state index contributed by atoms with van der Waals surface area (Å²) in [6, 6.07) is 7.08. The minimum absolute atomic E-state index is 0.0545. The molecule has 1 aromatic carbocycles. The first-order chi connectivity index (χ1) is 11.6. The number of aromatic nitrogens is 2. The van der Waals surface area contributed by atoms with Crippen molar-refractivity contribution in [1.29, 1.82) is 0 Å². The fourth-order valence-corrected chi connectivity index (χ4v) is 2.73. The van der Waals surface area contributed by atoms with Gasteiger partial charge < -0.3 is 10.6 Å². The summed E-state index contributed by atoms with van der Waals surface area (Å²) in [6.07, 6.45) is 0. The van der Waals surface area contributed by atoms with E-state index in [4.69, 9.17) is 5.73 Å². The highest BCUT2D eigenvalue weighted by molar-refractivity contribution is 5.50. The number of anilines is 2. The lowest BCUT2D eigenvalue weighted by molar-refractivity contribution is -0.481. The zero-order valence-corrected chi connectivity index (χ0v) is 14.6. The molecular weight excluding hydrogens is 326 g/mol. The van der Waals surface area contributed by atoms with Gasteiger partial charge in [0.05, 0.1) is 11.5 Å². The predicted molar refractivity (Wildman–Crippen MR) is 95.8 cm³/mol. The minimum atomic E-state index is -0.850. The molecule has 0 aliphatic rings. The van der Waals surface area contributed by atoms with E-state index in [1.165, 1.54) is 14.1 Å². The fraction of sp³-hybridized carbons (Fsp3) is 0.375. The molecule has 2 N–H and O–H groups in total. The van der Waals surface area contributed by atoms with Gasteiger partial charge in [0.1, 0.15) is 5.82 Å². The summed E-state index contributed by atoms with van der Waals surface area (Å²) in [5, 5.41) is 11.2. The molecule has 0 spiro atoms. The van der Waals surface area contributed by atoms with Crippen LogP contribution in [0, 0.1) is 10.1 Å². The summed E-state index contributed by atoms with van der Waals surface area (Å²) in [7, 11) is 6.51. The topological polar surface area (TPSA) is 116 Å². The zero-order chi connectivity index (χ0) is 18.9. The Morgan fingerprint density at radius 3 is 2.20 bits per heavy atom. The molecule has 25 heavy (non-hydrogen) atoms. The van der Waals surface area contributed by atoms with Gasteiger partial charge in [0.2, 0.25) is 6.54 Å². The molecule has 0 aliphatic carbocycles. The van der Waals surface area contributed by atoms with Gasteiger partial charge in [0, 0.05) is 38.8 Å². The van der Waals surface area contributed by atoms with Crippen molar-refractivity contribution in [2.24, 2.45) is 14.1 Å². The number of nitrogens with zero attached hydrogens (tertiary/aromatic N) is 4. The van der Waals surface area contributed by atoms with Crippen molar-refractivity contribution in [3.63, 3.8) is 0 Å². The number of benzene rings is 1. The van der Waals surface area contributed by atoms with Crippen LogP contribution in [0.2, 0.25) is 0 Å². The highest BCUT2D eigenvalue weighted by Crippen LogP contribution is 2.27. The van der Waals surface area contributed by atoms with Crippen LogP contribution < -0.4 is 21.9 Å². The molecule has 9 heteroatoms. The Labute approximate surface area is 144 Å². The fourth-order valence-electron chi connectivity index (χ4n) is 2.73. The molecule has 0 fully saturated rings.